The van der Waals surface area contributed by atoms with Crippen molar-refractivity contribution in [1.82, 2.24) is 9.80 Å². The fourth-order valence-electron chi connectivity index (χ4n) is 7.26. The van der Waals surface area contributed by atoms with Crippen LogP contribution in [0.4, 0.5) is 5.69 Å². The van der Waals surface area contributed by atoms with Crippen molar-refractivity contribution < 1.29 is 24.2 Å². The molecule has 0 aliphatic carbocycles. The van der Waals surface area contributed by atoms with Gasteiger partial charge in [-0.25, -0.2) is 0 Å². The van der Waals surface area contributed by atoms with Crippen molar-refractivity contribution in [2.24, 2.45) is 17.8 Å². The van der Waals surface area contributed by atoms with Crippen molar-refractivity contribution in [3.8, 4) is 0 Å². The standard InChI is InChI=1S/C31H42ClN3O5/c1-7-15-33(6)27(37)23-24-28(38)35(17-10-9-11-18-36)26(31(24)19-21(4)30(23,5)40-31)29(39)34(16-8-2)25-20(3)13-12-14-22(25)32/h7-8,12-14,21,23-24,26,36H,1-2,9-11,15-19H2,3-6H3/t21?,23-,24-,26?,30+,31?/m0/s1. The molecule has 9 heteroatoms. The minimum absolute atomic E-state index is 0.0535. The van der Waals surface area contributed by atoms with Crippen LogP contribution in [0.1, 0.15) is 45.1 Å². The average molecular weight is 572 g/mol. The van der Waals surface area contributed by atoms with Gasteiger partial charge in [-0.15, -0.1) is 13.2 Å². The van der Waals surface area contributed by atoms with Crippen molar-refractivity contribution >= 4 is 35.0 Å². The van der Waals surface area contributed by atoms with Crippen LogP contribution in [0, 0.1) is 24.7 Å². The number of unbranched alkanes of at least 4 members (excludes halogenated alkanes) is 2. The fraction of sp³-hybridized carbons (Fsp3) is 0.581. The number of aryl methyl sites for hydroxylation is 1. The molecule has 1 spiro atoms. The van der Waals surface area contributed by atoms with E-state index in [2.05, 4.69) is 13.2 Å². The molecular formula is C31H42ClN3O5. The van der Waals surface area contributed by atoms with Crippen molar-refractivity contribution in [3.05, 3.63) is 54.1 Å². The summed E-state index contributed by atoms with van der Waals surface area (Å²) in [6.45, 7) is 14.4. The fourth-order valence-corrected chi connectivity index (χ4v) is 7.58. The van der Waals surface area contributed by atoms with Crippen LogP contribution in [-0.2, 0) is 19.1 Å². The number of rotatable bonds is 12. The van der Waals surface area contributed by atoms with E-state index in [0.717, 1.165) is 5.56 Å². The van der Waals surface area contributed by atoms with E-state index < -0.39 is 29.1 Å². The Morgan fingerprint density at radius 3 is 2.52 bits per heavy atom. The Kier molecular flexibility index (Phi) is 8.83. The summed E-state index contributed by atoms with van der Waals surface area (Å²) >= 11 is 6.63. The number of nitrogens with zero attached hydrogens (tertiary/aromatic N) is 3. The van der Waals surface area contributed by atoms with E-state index in [1.807, 2.05) is 32.9 Å². The summed E-state index contributed by atoms with van der Waals surface area (Å²) in [7, 11) is 1.71. The third-order valence-electron chi connectivity index (χ3n) is 9.19. The van der Waals surface area contributed by atoms with Gasteiger partial charge in [0.15, 0.2) is 0 Å². The normalized spacial score (nSPS) is 30.4. The highest BCUT2D eigenvalue weighted by Gasteiger charge is 2.80. The molecule has 3 amide bonds. The maximum Gasteiger partial charge on any atom is 0.253 e. The van der Waals surface area contributed by atoms with Gasteiger partial charge in [0.25, 0.3) is 5.91 Å². The number of likely N-dealkylation sites (tertiary alicyclic amines) is 1. The second kappa shape index (κ2) is 11.7. The van der Waals surface area contributed by atoms with Gasteiger partial charge in [0.1, 0.15) is 11.6 Å². The molecule has 3 saturated heterocycles. The number of hydrogen-bond donors (Lipinski definition) is 1. The largest absolute Gasteiger partial charge is 0.396 e. The first kappa shape index (κ1) is 30.3. The number of para-hydroxylation sites is 1. The van der Waals surface area contributed by atoms with E-state index in [-0.39, 0.29) is 36.8 Å². The maximum absolute atomic E-state index is 14.7. The number of likely N-dealkylation sites (N-methyl/N-ethyl adjacent to an activating group) is 1. The summed E-state index contributed by atoms with van der Waals surface area (Å²) in [6, 6.07) is 4.54. The number of aliphatic hydroxyl groups is 1. The summed E-state index contributed by atoms with van der Waals surface area (Å²) in [5.41, 5.74) is -0.639. The smallest absolute Gasteiger partial charge is 0.253 e. The van der Waals surface area contributed by atoms with Gasteiger partial charge in [0.2, 0.25) is 11.8 Å². The van der Waals surface area contributed by atoms with Crippen LogP contribution in [0.5, 0.6) is 0 Å². The number of fused-ring (bicyclic) bond motifs is 1. The molecule has 40 heavy (non-hydrogen) atoms. The van der Waals surface area contributed by atoms with E-state index in [4.69, 9.17) is 16.3 Å². The first-order chi connectivity index (χ1) is 19.0. The Bertz CT molecular complexity index is 1170. The monoisotopic (exact) mass is 571 g/mol. The highest BCUT2D eigenvalue weighted by molar-refractivity contribution is 6.34. The number of carbonyl (C=O) groups is 3. The minimum atomic E-state index is -1.15. The molecule has 0 saturated carbocycles. The molecule has 218 valence electrons. The van der Waals surface area contributed by atoms with Crippen LogP contribution in [0.3, 0.4) is 0 Å². The molecule has 8 nitrogen and oxygen atoms in total. The molecule has 6 atom stereocenters. The molecule has 3 aliphatic rings. The van der Waals surface area contributed by atoms with Gasteiger partial charge in [0, 0.05) is 33.3 Å². The van der Waals surface area contributed by atoms with Gasteiger partial charge >= 0.3 is 0 Å². The van der Waals surface area contributed by atoms with E-state index in [0.29, 0.717) is 49.5 Å². The Labute approximate surface area is 242 Å². The Morgan fingerprint density at radius 2 is 1.90 bits per heavy atom. The average Bonchev–Trinajstić information content (AvgIpc) is 3.42. The molecule has 2 bridgehead atoms. The number of ether oxygens (including phenoxy) is 1. The molecule has 1 aromatic rings. The lowest BCUT2D eigenvalue weighted by Gasteiger charge is -2.38. The number of amides is 3. The summed E-state index contributed by atoms with van der Waals surface area (Å²) in [4.78, 5) is 47.7. The molecule has 1 N–H and O–H groups in total. The van der Waals surface area contributed by atoms with Gasteiger partial charge in [0.05, 0.1) is 28.1 Å². The van der Waals surface area contributed by atoms with Gasteiger partial charge in [-0.1, -0.05) is 42.8 Å². The van der Waals surface area contributed by atoms with E-state index in [1.54, 1.807) is 40.0 Å². The lowest BCUT2D eigenvalue weighted by atomic mass is 9.62. The van der Waals surface area contributed by atoms with Gasteiger partial charge in [-0.2, -0.15) is 0 Å². The zero-order chi connectivity index (χ0) is 29.4. The van der Waals surface area contributed by atoms with Gasteiger partial charge < -0.3 is 24.5 Å². The van der Waals surface area contributed by atoms with Crippen LogP contribution >= 0.6 is 11.6 Å². The van der Waals surface area contributed by atoms with Crippen LogP contribution in [0.15, 0.2) is 43.5 Å². The summed E-state index contributed by atoms with van der Waals surface area (Å²) < 4.78 is 6.85. The second-order valence-electron chi connectivity index (χ2n) is 11.7. The van der Waals surface area contributed by atoms with Crippen LogP contribution < -0.4 is 4.90 Å². The van der Waals surface area contributed by atoms with Crippen LogP contribution in [-0.4, -0.2) is 83.2 Å². The zero-order valence-electron chi connectivity index (χ0n) is 24.1. The molecule has 3 unspecified atom stereocenters. The Balaban J connectivity index is 1.83. The molecule has 3 fully saturated rings. The second-order valence-corrected chi connectivity index (χ2v) is 12.1. The third-order valence-corrected chi connectivity index (χ3v) is 9.49. The Hall–Kier alpha value is -2.68. The van der Waals surface area contributed by atoms with Crippen molar-refractivity contribution in [2.75, 3.05) is 38.2 Å². The molecule has 3 aliphatic heterocycles. The number of hydrogen-bond acceptors (Lipinski definition) is 5. The van der Waals surface area contributed by atoms with Gasteiger partial charge in [-0.05, 0) is 57.1 Å². The topological polar surface area (TPSA) is 90.4 Å². The summed E-state index contributed by atoms with van der Waals surface area (Å²) in [5.74, 6) is -2.25. The van der Waals surface area contributed by atoms with Gasteiger partial charge in [-0.3, -0.25) is 14.4 Å². The number of carbonyl (C=O) groups excluding carboxylic acids is 3. The lowest BCUT2D eigenvalue weighted by Crippen LogP contribution is -2.57. The molecular weight excluding hydrogens is 530 g/mol. The van der Waals surface area contributed by atoms with Crippen LogP contribution in [0.2, 0.25) is 5.02 Å². The van der Waals surface area contributed by atoms with Crippen molar-refractivity contribution in [3.63, 3.8) is 0 Å². The first-order valence-corrected chi connectivity index (χ1v) is 14.5. The molecule has 0 aromatic heterocycles. The molecule has 0 radical (unpaired) electrons. The van der Waals surface area contributed by atoms with Crippen LogP contribution in [0.25, 0.3) is 0 Å². The van der Waals surface area contributed by atoms with E-state index >= 15 is 0 Å². The van der Waals surface area contributed by atoms with Crippen molar-refractivity contribution in [1.29, 1.82) is 0 Å². The zero-order valence-corrected chi connectivity index (χ0v) is 24.8. The molecule has 1 aromatic carbocycles. The Morgan fingerprint density at radius 1 is 1.20 bits per heavy atom. The number of benzene rings is 1. The predicted molar refractivity (Wildman–Crippen MR) is 156 cm³/mol. The van der Waals surface area contributed by atoms with Crippen molar-refractivity contribution in [2.45, 2.75) is 63.7 Å². The summed E-state index contributed by atoms with van der Waals surface area (Å²) in [5, 5.41) is 9.72. The SMILES string of the molecule is C=CCN(C)C(=O)[C@@H]1[C@H]2C(=O)N(CCCCCO)C(C(=O)N(CC=C)c3c(C)cccc3Cl)C23CC(C)[C@@]1(C)O3. The lowest BCUT2D eigenvalue weighted by molar-refractivity contribution is -0.150. The highest BCUT2D eigenvalue weighted by atomic mass is 35.5. The van der Waals surface area contributed by atoms with E-state index in [9.17, 15) is 19.5 Å². The minimum Gasteiger partial charge on any atom is -0.396 e. The quantitative estimate of drug-likeness (QED) is 0.303. The molecule has 4 rings (SSSR count). The first-order valence-electron chi connectivity index (χ1n) is 14.1. The number of anilines is 1. The van der Waals surface area contributed by atoms with E-state index in [1.165, 1.54) is 0 Å². The molecule has 3 heterocycles. The maximum atomic E-state index is 14.7. The highest BCUT2D eigenvalue weighted by Crippen LogP contribution is 2.65. The number of halogens is 1. The third kappa shape index (κ3) is 4.68. The predicted octanol–water partition coefficient (Wildman–Crippen LogP) is 3.99. The number of aliphatic hydroxyl groups excluding tert-OH is 1. The summed E-state index contributed by atoms with van der Waals surface area (Å²) in [6.07, 6.45) is 5.72.